The fourth-order valence-electron chi connectivity index (χ4n) is 3.36. The lowest BCUT2D eigenvalue weighted by atomic mass is 10.1. The van der Waals surface area contributed by atoms with E-state index in [0.717, 1.165) is 37.6 Å². The molecule has 8 nitrogen and oxygen atoms in total. The van der Waals surface area contributed by atoms with E-state index in [2.05, 4.69) is 15.2 Å². The first-order valence-electron chi connectivity index (χ1n) is 9.48. The molecule has 1 saturated heterocycles. The number of guanidine groups is 1. The maximum absolute atomic E-state index is 5.67. The zero-order chi connectivity index (χ0) is 20.4. The molecule has 0 radical (unpaired) electrons. The largest absolute Gasteiger partial charge is 0.493 e. The molecule has 1 aromatic rings. The van der Waals surface area contributed by atoms with Crippen LogP contribution in [0.4, 0.5) is 0 Å². The van der Waals surface area contributed by atoms with E-state index in [4.69, 9.17) is 23.7 Å². The van der Waals surface area contributed by atoms with Crippen molar-refractivity contribution in [2.45, 2.75) is 13.0 Å². The standard InChI is InChI=1S/C20H33N3O5/c1-21-20(23-9-8-15(13-23)14-28-11-10-24-2)22-12-16-6-7-17(25-3)19(27-5)18(16)26-4/h6-7,15H,8-14H2,1-5H3,(H,21,22). The van der Waals surface area contributed by atoms with Crippen LogP contribution in [0.15, 0.2) is 17.1 Å². The van der Waals surface area contributed by atoms with Crippen molar-refractivity contribution >= 4 is 5.96 Å². The molecule has 1 atom stereocenters. The number of hydrogen-bond donors (Lipinski definition) is 1. The number of methoxy groups -OCH3 is 4. The minimum atomic E-state index is 0.506. The number of benzene rings is 1. The average molecular weight is 396 g/mol. The summed E-state index contributed by atoms with van der Waals surface area (Å²) in [6.07, 6.45) is 1.09. The summed E-state index contributed by atoms with van der Waals surface area (Å²) in [7, 11) is 8.33. The van der Waals surface area contributed by atoms with Crippen LogP contribution in [0.2, 0.25) is 0 Å². The quantitative estimate of drug-likeness (QED) is 0.368. The van der Waals surface area contributed by atoms with Crippen LogP contribution in [0.3, 0.4) is 0 Å². The Hall–Kier alpha value is -2.19. The van der Waals surface area contributed by atoms with Gasteiger partial charge in [0.2, 0.25) is 5.75 Å². The van der Waals surface area contributed by atoms with Crippen LogP contribution in [0.1, 0.15) is 12.0 Å². The second-order valence-corrected chi connectivity index (χ2v) is 6.56. The van der Waals surface area contributed by atoms with Gasteiger partial charge in [-0.15, -0.1) is 0 Å². The highest BCUT2D eigenvalue weighted by Gasteiger charge is 2.25. The van der Waals surface area contributed by atoms with Gasteiger partial charge in [-0.05, 0) is 18.6 Å². The summed E-state index contributed by atoms with van der Waals surface area (Å²) in [5.74, 6) is 3.27. The van der Waals surface area contributed by atoms with Gasteiger partial charge < -0.3 is 33.9 Å². The number of nitrogens with one attached hydrogen (secondary N) is 1. The maximum atomic E-state index is 5.67. The normalized spacial score (nSPS) is 17.0. The first-order valence-corrected chi connectivity index (χ1v) is 9.48. The zero-order valence-electron chi connectivity index (χ0n) is 17.6. The average Bonchev–Trinajstić information content (AvgIpc) is 3.19. The first kappa shape index (κ1) is 22.1. The molecule has 0 bridgehead atoms. The maximum Gasteiger partial charge on any atom is 0.203 e. The van der Waals surface area contributed by atoms with Crippen LogP contribution in [0.5, 0.6) is 17.2 Å². The van der Waals surface area contributed by atoms with Crippen molar-refractivity contribution in [1.29, 1.82) is 0 Å². The van der Waals surface area contributed by atoms with E-state index < -0.39 is 0 Å². The molecular weight excluding hydrogens is 362 g/mol. The molecule has 1 aromatic carbocycles. The van der Waals surface area contributed by atoms with Crippen molar-refractivity contribution in [2.75, 3.05) is 68.4 Å². The lowest BCUT2D eigenvalue weighted by Gasteiger charge is -2.23. The van der Waals surface area contributed by atoms with E-state index in [1.165, 1.54) is 0 Å². The molecule has 0 amide bonds. The number of likely N-dealkylation sites (tertiary alicyclic amines) is 1. The Labute approximate surface area is 167 Å². The van der Waals surface area contributed by atoms with Gasteiger partial charge in [-0.25, -0.2) is 0 Å². The minimum absolute atomic E-state index is 0.506. The molecule has 158 valence electrons. The molecular formula is C20H33N3O5. The van der Waals surface area contributed by atoms with Gasteiger partial charge in [-0.3, -0.25) is 4.99 Å². The van der Waals surface area contributed by atoms with Crippen LogP contribution >= 0.6 is 0 Å². The SMILES string of the molecule is CN=C(NCc1ccc(OC)c(OC)c1OC)N1CCC(COCCOC)C1. The summed E-state index contributed by atoms with van der Waals surface area (Å²) in [5.41, 5.74) is 0.972. The third-order valence-electron chi connectivity index (χ3n) is 4.81. The minimum Gasteiger partial charge on any atom is -0.493 e. The van der Waals surface area contributed by atoms with Gasteiger partial charge in [0.25, 0.3) is 0 Å². The number of aliphatic imine (C=N–C) groups is 1. The molecule has 0 aliphatic carbocycles. The third kappa shape index (κ3) is 5.65. The topological polar surface area (TPSA) is 73.8 Å². The summed E-state index contributed by atoms with van der Waals surface area (Å²) in [6, 6.07) is 3.85. The van der Waals surface area contributed by atoms with Crippen LogP contribution in [-0.4, -0.2) is 79.3 Å². The predicted molar refractivity (Wildman–Crippen MR) is 109 cm³/mol. The summed E-state index contributed by atoms with van der Waals surface area (Å²) in [5, 5.41) is 3.43. The van der Waals surface area contributed by atoms with Gasteiger partial charge in [-0.2, -0.15) is 0 Å². The van der Waals surface area contributed by atoms with Gasteiger partial charge in [0.05, 0.1) is 41.2 Å². The summed E-state index contributed by atoms with van der Waals surface area (Å²) in [4.78, 5) is 6.70. The van der Waals surface area contributed by atoms with Gasteiger partial charge in [-0.1, -0.05) is 0 Å². The van der Waals surface area contributed by atoms with E-state index in [-0.39, 0.29) is 0 Å². The summed E-state index contributed by atoms with van der Waals surface area (Å²) >= 11 is 0. The molecule has 1 heterocycles. The van der Waals surface area contributed by atoms with E-state index in [9.17, 15) is 0 Å². The Morgan fingerprint density at radius 2 is 1.89 bits per heavy atom. The van der Waals surface area contributed by atoms with Crippen LogP contribution in [0, 0.1) is 5.92 Å². The summed E-state index contributed by atoms with van der Waals surface area (Å²) < 4.78 is 27.0. The zero-order valence-corrected chi connectivity index (χ0v) is 17.6. The van der Waals surface area contributed by atoms with Crippen molar-refractivity contribution < 1.29 is 23.7 Å². The van der Waals surface area contributed by atoms with Gasteiger partial charge in [0, 0.05) is 45.3 Å². The Morgan fingerprint density at radius 1 is 1.11 bits per heavy atom. The predicted octanol–water partition coefficient (Wildman–Crippen LogP) is 1.77. The van der Waals surface area contributed by atoms with Crippen LogP contribution in [0.25, 0.3) is 0 Å². The van der Waals surface area contributed by atoms with Crippen LogP contribution in [-0.2, 0) is 16.0 Å². The van der Waals surface area contributed by atoms with E-state index in [1.54, 1.807) is 35.5 Å². The molecule has 2 rings (SSSR count). The Bertz CT molecular complexity index is 639. The van der Waals surface area contributed by atoms with Crippen molar-refractivity contribution in [3.05, 3.63) is 17.7 Å². The number of ether oxygens (including phenoxy) is 5. The lowest BCUT2D eigenvalue weighted by Crippen LogP contribution is -2.40. The second kappa shape index (κ2) is 11.6. The Balaban J connectivity index is 1.94. The Kier molecular flexibility index (Phi) is 9.16. The van der Waals surface area contributed by atoms with Crippen molar-refractivity contribution in [3.8, 4) is 17.2 Å². The summed E-state index contributed by atoms with van der Waals surface area (Å²) in [6.45, 7) is 4.48. The lowest BCUT2D eigenvalue weighted by molar-refractivity contribution is 0.0536. The molecule has 1 aliphatic heterocycles. The fraction of sp³-hybridized carbons (Fsp3) is 0.650. The Morgan fingerprint density at radius 3 is 2.54 bits per heavy atom. The van der Waals surface area contributed by atoms with E-state index >= 15 is 0 Å². The molecule has 1 unspecified atom stereocenters. The number of hydrogen-bond acceptors (Lipinski definition) is 6. The molecule has 8 heteroatoms. The molecule has 0 saturated carbocycles. The second-order valence-electron chi connectivity index (χ2n) is 6.56. The first-order chi connectivity index (χ1) is 13.7. The highest BCUT2D eigenvalue weighted by atomic mass is 16.5. The fourth-order valence-corrected chi connectivity index (χ4v) is 3.36. The molecule has 0 spiro atoms. The highest BCUT2D eigenvalue weighted by Crippen LogP contribution is 2.39. The number of rotatable bonds is 10. The molecule has 1 fully saturated rings. The van der Waals surface area contributed by atoms with Crippen molar-refractivity contribution in [2.24, 2.45) is 10.9 Å². The van der Waals surface area contributed by atoms with Crippen LogP contribution < -0.4 is 19.5 Å². The molecule has 1 N–H and O–H groups in total. The van der Waals surface area contributed by atoms with E-state index in [0.29, 0.717) is 42.9 Å². The van der Waals surface area contributed by atoms with E-state index in [1.807, 2.05) is 12.1 Å². The van der Waals surface area contributed by atoms with Gasteiger partial charge >= 0.3 is 0 Å². The molecule has 1 aliphatic rings. The van der Waals surface area contributed by atoms with Crippen molar-refractivity contribution in [1.82, 2.24) is 10.2 Å². The highest BCUT2D eigenvalue weighted by molar-refractivity contribution is 5.80. The smallest absolute Gasteiger partial charge is 0.203 e. The van der Waals surface area contributed by atoms with Crippen molar-refractivity contribution in [3.63, 3.8) is 0 Å². The number of nitrogens with zero attached hydrogens (tertiary/aromatic N) is 2. The molecule has 28 heavy (non-hydrogen) atoms. The van der Waals surface area contributed by atoms with Gasteiger partial charge in [0.15, 0.2) is 17.5 Å². The third-order valence-corrected chi connectivity index (χ3v) is 4.81. The monoisotopic (exact) mass is 395 g/mol. The van der Waals surface area contributed by atoms with Gasteiger partial charge in [0.1, 0.15) is 0 Å². The molecule has 0 aromatic heterocycles.